The summed E-state index contributed by atoms with van der Waals surface area (Å²) in [5.74, 6) is -0.526. The smallest absolute Gasteiger partial charge is 0.273 e. The highest BCUT2D eigenvalue weighted by Gasteiger charge is 2.21. The number of carbonyl (C=O) groups excluding carboxylic acids is 2. The molecule has 8 nitrogen and oxygen atoms in total. The van der Waals surface area contributed by atoms with Crippen LogP contribution in [0.4, 0.5) is 5.69 Å². The SMILES string of the molecule is CCn1cc(C(=O)Nc2cnn(CC)c2C(=O)N(C)C)cn1. The molecule has 2 rings (SSSR count). The molecule has 0 saturated carbocycles. The van der Waals surface area contributed by atoms with Gasteiger partial charge in [0.25, 0.3) is 11.8 Å². The summed E-state index contributed by atoms with van der Waals surface area (Å²) in [6, 6.07) is 0. The Morgan fingerprint density at radius 3 is 2.45 bits per heavy atom. The quantitative estimate of drug-likeness (QED) is 0.895. The van der Waals surface area contributed by atoms with Gasteiger partial charge in [-0.3, -0.25) is 19.0 Å². The maximum absolute atomic E-state index is 12.3. The zero-order chi connectivity index (χ0) is 16.3. The highest BCUT2D eigenvalue weighted by atomic mass is 16.2. The Kier molecular flexibility index (Phi) is 4.59. The third-order valence-corrected chi connectivity index (χ3v) is 3.22. The van der Waals surface area contributed by atoms with Crippen LogP contribution < -0.4 is 5.32 Å². The topological polar surface area (TPSA) is 85.0 Å². The molecule has 2 heterocycles. The van der Waals surface area contributed by atoms with Crippen LogP contribution in [0.15, 0.2) is 18.6 Å². The van der Waals surface area contributed by atoms with E-state index in [4.69, 9.17) is 0 Å². The Hall–Kier alpha value is -2.64. The van der Waals surface area contributed by atoms with Gasteiger partial charge in [-0.05, 0) is 13.8 Å². The molecule has 22 heavy (non-hydrogen) atoms. The second-order valence-electron chi connectivity index (χ2n) is 4.96. The van der Waals surface area contributed by atoms with Gasteiger partial charge in [-0.2, -0.15) is 10.2 Å². The average Bonchev–Trinajstić information content (AvgIpc) is 3.12. The third kappa shape index (κ3) is 3.00. The molecule has 0 atom stereocenters. The molecule has 0 aliphatic carbocycles. The van der Waals surface area contributed by atoms with Gasteiger partial charge in [0.15, 0.2) is 0 Å². The van der Waals surface area contributed by atoms with Gasteiger partial charge >= 0.3 is 0 Å². The van der Waals surface area contributed by atoms with Crippen LogP contribution in [-0.2, 0) is 13.1 Å². The first-order valence-electron chi connectivity index (χ1n) is 7.09. The van der Waals surface area contributed by atoms with E-state index in [2.05, 4.69) is 15.5 Å². The second kappa shape index (κ2) is 6.42. The van der Waals surface area contributed by atoms with Gasteiger partial charge in [0.2, 0.25) is 0 Å². The summed E-state index contributed by atoms with van der Waals surface area (Å²) in [4.78, 5) is 26.0. The first kappa shape index (κ1) is 15.7. The fraction of sp³-hybridized carbons (Fsp3) is 0.429. The fourth-order valence-corrected chi connectivity index (χ4v) is 2.00. The molecule has 0 aliphatic rings. The van der Waals surface area contributed by atoms with Crippen molar-refractivity contribution in [3.8, 4) is 0 Å². The minimum Gasteiger partial charge on any atom is -0.343 e. The van der Waals surface area contributed by atoms with Crippen LogP contribution in [0.2, 0.25) is 0 Å². The first-order chi connectivity index (χ1) is 10.5. The Labute approximate surface area is 128 Å². The number of hydrogen-bond acceptors (Lipinski definition) is 4. The molecule has 2 aromatic heterocycles. The second-order valence-corrected chi connectivity index (χ2v) is 4.96. The molecule has 0 spiro atoms. The molecule has 0 fully saturated rings. The lowest BCUT2D eigenvalue weighted by Gasteiger charge is -2.13. The Bertz CT molecular complexity index is 685. The maximum Gasteiger partial charge on any atom is 0.273 e. The van der Waals surface area contributed by atoms with Gasteiger partial charge in [0, 0.05) is 33.4 Å². The summed E-state index contributed by atoms with van der Waals surface area (Å²) < 4.78 is 3.23. The van der Waals surface area contributed by atoms with Crippen molar-refractivity contribution in [1.29, 1.82) is 0 Å². The zero-order valence-corrected chi connectivity index (χ0v) is 13.2. The molecule has 118 valence electrons. The van der Waals surface area contributed by atoms with Crippen LogP contribution in [0.25, 0.3) is 0 Å². The molecule has 2 aromatic rings. The third-order valence-electron chi connectivity index (χ3n) is 3.22. The van der Waals surface area contributed by atoms with Gasteiger partial charge in [-0.25, -0.2) is 0 Å². The number of nitrogens with zero attached hydrogens (tertiary/aromatic N) is 5. The molecular weight excluding hydrogens is 284 g/mol. The van der Waals surface area contributed by atoms with Crippen LogP contribution in [0.1, 0.15) is 34.7 Å². The van der Waals surface area contributed by atoms with E-state index >= 15 is 0 Å². The van der Waals surface area contributed by atoms with Gasteiger partial charge in [-0.1, -0.05) is 0 Å². The molecule has 0 bridgehead atoms. The van der Waals surface area contributed by atoms with Crippen molar-refractivity contribution in [1.82, 2.24) is 24.5 Å². The number of aromatic nitrogens is 4. The van der Waals surface area contributed by atoms with Crippen LogP contribution in [-0.4, -0.2) is 50.4 Å². The van der Waals surface area contributed by atoms with Crippen molar-refractivity contribution in [2.75, 3.05) is 19.4 Å². The number of rotatable bonds is 5. The number of carbonyl (C=O) groups is 2. The Morgan fingerprint density at radius 2 is 1.91 bits per heavy atom. The standard InChI is InChI=1S/C14H20N6O2/c1-5-19-9-10(7-15-19)13(21)17-11-8-16-20(6-2)12(11)14(22)18(3)4/h7-9H,5-6H2,1-4H3,(H,17,21). The Balaban J connectivity index is 2.27. The van der Waals surface area contributed by atoms with Crippen LogP contribution >= 0.6 is 0 Å². The highest BCUT2D eigenvalue weighted by molar-refractivity contribution is 6.08. The fourth-order valence-electron chi connectivity index (χ4n) is 2.00. The van der Waals surface area contributed by atoms with Crippen molar-refractivity contribution >= 4 is 17.5 Å². The summed E-state index contributed by atoms with van der Waals surface area (Å²) in [7, 11) is 3.32. The normalized spacial score (nSPS) is 10.5. The van der Waals surface area contributed by atoms with Crippen LogP contribution in [0.5, 0.6) is 0 Å². The lowest BCUT2D eigenvalue weighted by Crippen LogP contribution is -2.26. The lowest BCUT2D eigenvalue weighted by atomic mass is 10.3. The molecular formula is C14H20N6O2. The minimum atomic E-state index is -0.317. The molecule has 0 radical (unpaired) electrons. The van der Waals surface area contributed by atoms with Gasteiger partial charge in [-0.15, -0.1) is 0 Å². The number of anilines is 1. The van der Waals surface area contributed by atoms with Crippen molar-refractivity contribution in [2.24, 2.45) is 0 Å². The number of amides is 2. The lowest BCUT2D eigenvalue weighted by molar-refractivity contribution is 0.0816. The molecule has 0 aliphatic heterocycles. The predicted octanol–water partition coefficient (Wildman–Crippen LogP) is 1.07. The summed E-state index contributed by atoms with van der Waals surface area (Å²) in [5, 5.41) is 10.9. The minimum absolute atomic E-state index is 0.209. The van der Waals surface area contributed by atoms with E-state index in [1.807, 2.05) is 13.8 Å². The molecule has 1 N–H and O–H groups in total. The monoisotopic (exact) mass is 304 g/mol. The first-order valence-corrected chi connectivity index (χ1v) is 7.09. The van der Waals surface area contributed by atoms with E-state index in [9.17, 15) is 9.59 Å². The highest BCUT2D eigenvalue weighted by Crippen LogP contribution is 2.17. The molecule has 8 heteroatoms. The van der Waals surface area contributed by atoms with Crippen molar-refractivity contribution in [3.63, 3.8) is 0 Å². The van der Waals surface area contributed by atoms with E-state index in [1.165, 1.54) is 17.3 Å². The molecule has 0 aromatic carbocycles. The zero-order valence-electron chi connectivity index (χ0n) is 13.2. The van der Waals surface area contributed by atoms with E-state index in [0.717, 1.165) is 0 Å². The van der Waals surface area contributed by atoms with Crippen molar-refractivity contribution < 1.29 is 9.59 Å². The average molecular weight is 304 g/mol. The van der Waals surface area contributed by atoms with E-state index in [1.54, 1.807) is 29.7 Å². The van der Waals surface area contributed by atoms with Crippen LogP contribution in [0.3, 0.4) is 0 Å². The van der Waals surface area contributed by atoms with Gasteiger partial charge in [0.1, 0.15) is 5.69 Å². The van der Waals surface area contributed by atoms with Crippen LogP contribution in [0, 0.1) is 0 Å². The number of nitrogens with one attached hydrogen (secondary N) is 1. The maximum atomic E-state index is 12.3. The largest absolute Gasteiger partial charge is 0.343 e. The van der Waals surface area contributed by atoms with Gasteiger partial charge < -0.3 is 10.2 Å². The summed E-state index contributed by atoms with van der Waals surface area (Å²) in [6.45, 7) is 5.05. The molecule has 2 amide bonds. The van der Waals surface area contributed by atoms with Crippen molar-refractivity contribution in [2.45, 2.75) is 26.9 Å². The van der Waals surface area contributed by atoms with Crippen molar-refractivity contribution in [3.05, 3.63) is 29.8 Å². The Morgan fingerprint density at radius 1 is 1.18 bits per heavy atom. The number of aryl methyl sites for hydroxylation is 2. The molecule has 0 saturated heterocycles. The summed E-state index contributed by atoms with van der Waals surface area (Å²) in [5.41, 5.74) is 1.20. The predicted molar refractivity (Wildman–Crippen MR) is 81.8 cm³/mol. The summed E-state index contributed by atoms with van der Waals surface area (Å²) in [6.07, 6.45) is 4.64. The van der Waals surface area contributed by atoms with E-state index < -0.39 is 0 Å². The summed E-state index contributed by atoms with van der Waals surface area (Å²) >= 11 is 0. The van der Waals surface area contributed by atoms with Gasteiger partial charge in [0.05, 0.1) is 23.6 Å². The van der Waals surface area contributed by atoms with E-state index in [-0.39, 0.29) is 11.8 Å². The number of hydrogen-bond donors (Lipinski definition) is 1. The molecule has 0 unspecified atom stereocenters. The van der Waals surface area contributed by atoms with E-state index in [0.29, 0.717) is 30.0 Å².